The molecule has 36 heavy (non-hydrogen) atoms. The topological polar surface area (TPSA) is 75.3 Å². The highest BCUT2D eigenvalue weighted by Crippen LogP contribution is 2.27. The second-order valence-corrected chi connectivity index (χ2v) is 9.85. The minimum absolute atomic E-state index is 0.165. The van der Waals surface area contributed by atoms with E-state index in [1.165, 1.54) is 23.5 Å². The molecule has 5 nitrogen and oxygen atoms in total. The highest BCUT2D eigenvalue weighted by Gasteiger charge is 2.15. The van der Waals surface area contributed by atoms with E-state index >= 15 is 0 Å². The monoisotopic (exact) mass is 512 g/mol. The van der Waals surface area contributed by atoms with Gasteiger partial charge in [-0.25, -0.2) is 0 Å². The quantitative estimate of drug-likeness (QED) is 0.191. The van der Waals surface area contributed by atoms with E-state index in [1.54, 1.807) is 42.5 Å². The van der Waals surface area contributed by atoms with E-state index in [1.807, 2.05) is 66.7 Å². The van der Waals surface area contributed by atoms with Crippen LogP contribution < -0.4 is 10.6 Å². The number of nitrogens with one attached hydrogen (secondary N) is 2. The first-order chi connectivity index (χ1) is 17.6. The van der Waals surface area contributed by atoms with Gasteiger partial charge in [0, 0.05) is 20.9 Å². The van der Waals surface area contributed by atoms with Crippen molar-refractivity contribution in [1.29, 1.82) is 0 Å². The zero-order valence-electron chi connectivity index (χ0n) is 19.3. The van der Waals surface area contributed by atoms with Gasteiger partial charge in [0.1, 0.15) is 0 Å². The summed E-state index contributed by atoms with van der Waals surface area (Å²) in [4.78, 5) is 40.4. The van der Waals surface area contributed by atoms with Crippen molar-refractivity contribution in [2.45, 2.75) is 9.79 Å². The van der Waals surface area contributed by atoms with Crippen LogP contribution in [0.25, 0.3) is 0 Å². The fourth-order valence-corrected chi connectivity index (χ4v) is 4.80. The fraction of sp³-hybridized carbons (Fsp3) is 0.0690. The molecule has 0 saturated carbocycles. The van der Waals surface area contributed by atoms with Crippen molar-refractivity contribution in [3.05, 3.63) is 120 Å². The Kier molecular flexibility index (Phi) is 8.97. The lowest BCUT2D eigenvalue weighted by molar-refractivity contribution is -0.114. The molecule has 0 radical (unpaired) electrons. The molecule has 0 heterocycles. The number of ketones is 1. The van der Waals surface area contributed by atoms with Crippen molar-refractivity contribution in [2.24, 2.45) is 0 Å². The fourth-order valence-electron chi connectivity index (χ4n) is 3.36. The molecule has 2 N–H and O–H groups in total. The molecule has 0 atom stereocenters. The van der Waals surface area contributed by atoms with E-state index in [0.717, 1.165) is 9.79 Å². The van der Waals surface area contributed by atoms with Gasteiger partial charge in [-0.15, -0.1) is 23.5 Å². The zero-order chi connectivity index (χ0) is 25.2. The third kappa shape index (κ3) is 7.34. The van der Waals surface area contributed by atoms with E-state index in [0.29, 0.717) is 22.5 Å². The zero-order valence-corrected chi connectivity index (χ0v) is 21.0. The lowest BCUT2D eigenvalue weighted by Gasteiger charge is -2.14. The van der Waals surface area contributed by atoms with Crippen molar-refractivity contribution >= 4 is 52.5 Å². The van der Waals surface area contributed by atoms with Gasteiger partial charge in [-0.2, -0.15) is 0 Å². The Hall–Kier alpha value is -3.81. The molecule has 4 aromatic carbocycles. The maximum Gasteiger partial charge on any atom is 0.234 e. The Morgan fingerprint density at radius 2 is 1.00 bits per heavy atom. The second-order valence-electron chi connectivity index (χ2n) is 7.76. The molecular weight excluding hydrogens is 488 g/mol. The predicted molar refractivity (Wildman–Crippen MR) is 148 cm³/mol. The standard InChI is InChI=1S/C29H24N2O3S2/c32-27(19-35-23-12-6-2-7-13-23)30-25-17-16-22(29(34)21-10-4-1-5-11-21)18-26(25)31-28(33)20-36-24-14-8-3-9-15-24/h1-18H,19-20H2,(H,30,32)(H,31,33). The SMILES string of the molecule is O=C(CSc1ccccc1)Nc1ccc(C(=O)c2ccccc2)cc1NC(=O)CSc1ccccc1. The first-order valence-electron chi connectivity index (χ1n) is 11.3. The van der Waals surface area contributed by atoms with E-state index in [-0.39, 0.29) is 29.1 Å². The van der Waals surface area contributed by atoms with E-state index in [9.17, 15) is 14.4 Å². The van der Waals surface area contributed by atoms with Crippen LogP contribution >= 0.6 is 23.5 Å². The minimum atomic E-state index is -0.234. The average molecular weight is 513 g/mol. The van der Waals surface area contributed by atoms with Crippen LogP contribution in [-0.2, 0) is 9.59 Å². The molecular formula is C29H24N2O3S2. The van der Waals surface area contributed by atoms with Crippen molar-refractivity contribution in [3.63, 3.8) is 0 Å². The molecule has 180 valence electrons. The summed E-state index contributed by atoms with van der Waals surface area (Å²) in [6, 6.07) is 33.1. The first-order valence-corrected chi connectivity index (χ1v) is 13.2. The molecule has 4 rings (SSSR count). The van der Waals surface area contributed by atoms with Crippen LogP contribution in [0.2, 0.25) is 0 Å². The maximum absolute atomic E-state index is 13.0. The van der Waals surface area contributed by atoms with Crippen molar-refractivity contribution in [2.75, 3.05) is 22.1 Å². The van der Waals surface area contributed by atoms with Gasteiger partial charge in [-0.3, -0.25) is 14.4 Å². The Morgan fingerprint density at radius 1 is 0.528 bits per heavy atom. The van der Waals surface area contributed by atoms with Crippen LogP contribution in [0.5, 0.6) is 0 Å². The van der Waals surface area contributed by atoms with Gasteiger partial charge in [0.25, 0.3) is 0 Å². The van der Waals surface area contributed by atoms with Gasteiger partial charge in [-0.1, -0.05) is 66.7 Å². The van der Waals surface area contributed by atoms with Gasteiger partial charge < -0.3 is 10.6 Å². The summed E-state index contributed by atoms with van der Waals surface area (Å²) < 4.78 is 0. The number of hydrogen-bond acceptors (Lipinski definition) is 5. The van der Waals surface area contributed by atoms with Crippen LogP contribution in [0.1, 0.15) is 15.9 Å². The number of amides is 2. The normalized spacial score (nSPS) is 10.4. The number of carbonyl (C=O) groups excluding carboxylic acids is 3. The van der Waals surface area contributed by atoms with Crippen LogP contribution in [0.3, 0.4) is 0 Å². The molecule has 2 amide bonds. The third-order valence-electron chi connectivity index (χ3n) is 5.09. The van der Waals surface area contributed by atoms with E-state index < -0.39 is 0 Å². The summed E-state index contributed by atoms with van der Waals surface area (Å²) in [7, 11) is 0. The average Bonchev–Trinajstić information content (AvgIpc) is 2.93. The molecule has 7 heteroatoms. The first kappa shape index (κ1) is 25.3. The van der Waals surface area contributed by atoms with E-state index in [4.69, 9.17) is 0 Å². The van der Waals surface area contributed by atoms with Gasteiger partial charge >= 0.3 is 0 Å². The Morgan fingerprint density at radius 3 is 1.53 bits per heavy atom. The van der Waals surface area contributed by atoms with Crippen LogP contribution in [0.4, 0.5) is 11.4 Å². The highest BCUT2D eigenvalue weighted by atomic mass is 32.2. The lowest BCUT2D eigenvalue weighted by atomic mass is 10.0. The van der Waals surface area contributed by atoms with Gasteiger partial charge in [0.15, 0.2) is 5.78 Å². The third-order valence-corrected chi connectivity index (χ3v) is 7.12. The molecule has 4 aromatic rings. The summed E-state index contributed by atoms with van der Waals surface area (Å²) in [5, 5.41) is 5.75. The molecule has 0 bridgehead atoms. The molecule has 0 aromatic heterocycles. The highest BCUT2D eigenvalue weighted by molar-refractivity contribution is 8.00. The minimum Gasteiger partial charge on any atom is -0.324 e. The Balaban J connectivity index is 1.49. The maximum atomic E-state index is 13.0. The summed E-state index contributed by atoms with van der Waals surface area (Å²) in [6.07, 6.45) is 0. The number of benzene rings is 4. The van der Waals surface area contributed by atoms with Gasteiger partial charge in [-0.05, 0) is 42.5 Å². The summed E-state index contributed by atoms with van der Waals surface area (Å²) in [5.41, 5.74) is 1.79. The molecule has 0 fully saturated rings. The van der Waals surface area contributed by atoms with E-state index in [2.05, 4.69) is 10.6 Å². The molecule has 0 aliphatic carbocycles. The molecule has 0 saturated heterocycles. The Labute approximate surface area is 218 Å². The number of anilines is 2. The van der Waals surface area contributed by atoms with Crippen molar-refractivity contribution in [1.82, 2.24) is 0 Å². The lowest BCUT2D eigenvalue weighted by Crippen LogP contribution is -2.19. The second kappa shape index (κ2) is 12.8. The Bertz CT molecular complexity index is 1330. The number of rotatable bonds is 10. The van der Waals surface area contributed by atoms with Crippen LogP contribution in [0.15, 0.2) is 119 Å². The molecule has 0 aliphatic rings. The number of thioether (sulfide) groups is 2. The van der Waals surface area contributed by atoms with Gasteiger partial charge in [0.2, 0.25) is 11.8 Å². The van der Waals surface area contributed by atoms with Crippen LogP contribution in [0, 0.1) is 0 Å². The molecule has 0 spiro atoms. The van der Waals surface area contributed by atoms with Crippen molar-refractivity contribution in [3.8, 4) is 0 Å². The van der Waals surface area contributed by atoms with Crippen molar-refractivity contribution < 1.29 is 14.4 Å². The smallest absolute Gasteiger partial charge is 0.234 e. The summed E-state index contributed by atoms with van der Waals surface area (Å²) >= 11 is 2.83. The molecule has 0 unspecified atom stereocenters. The predicted octanol–water partition coefficient (Wildman–Crippen LogP) is 6.38. The molecule has 0 aliphatic heterocycles. The number of carbonyl (C=O) groups is 3. The van der Waals surface area contributed by atoms with Gasteiger partial charge in [0.05, 0.1) is 22.9 Å². The van der Waals surface area contributed by atoms with Crippen LogP contribution in [-0.4, -0.2) is 29.1 Å². The number of hydrogen-bond donors (Lipinski definition) is 2. The summed E-state index contributed by atoms with van der Waals surface area (Å²) in [6.45, 7) is 0. The summed E-state index contributed by atoms with van der Waals surface area (Å²) in [5.74, 6) is -0.200. The largest absolute Gasteiger partial charge is 0.324 e.